The third kappa shape index (κ3) is 3.47. The zero-order valence-electron chi connectivity index (χ0n) is 12.4. The van der Waals surface area contributed by atoms with Crippen LogP contribution in [0.2, 0.25) is 0 Å². The molecule has 26 heavy (non-hydrogen) atoms. The van der Waals surface area contributed by atoms with Gasteiger partial charge in [0, 0.05) is 0 Å². The molecule has 15 heteroatoms. The molecule has 0 radical (unpaired) electrons. The first-order valence-corrected chi connectivity index (χ1v) is 8.22. The highest BCUT2D eigenvalue weighted by Gasteiger charge is 2.90. The van der Waals surface area contributed by atoms with Crippen molar-refractivity contribution in [3.05, 3.63) is 0 Å². The molecule has 0 heterocycles. The van der Waals surface area contributed by atoms with Crippen LogP contribution in [0, 0.1) is 0 Å². The van der Waals surface area contributed by atoms with Gasteiger partial charge in [0.15, 0.2) is 0 Å². The standard InChI is InChI=1S/C11H12F8O6S/c12-9(13,11(17,18)19)8(10(14,15)16,26(22,23)24)7(21)25-6-4-2-1-3-5(6)20/h5-6,20H,1-4H2,(H,22,23,24). The van der Waals surface area contributed by atoms with Crippen LogP contribution in [-0.4, -0.2) is 59.3 Å². The van der Waals surface area contributed by atoms with E-state index in [-0.39, 0.29) is 19.3 Å². The summed E-state index contributed by atoms with van der Waals surface area (Å²) in [5, 5.41) is 9.47. The van der Waals surface area contributed by atoms with Crippen molar-refractivity contribution in [3.63, 3.8) is 0 Å². The Labute approximate surface area is 140 Å². The Hall–Kier alpha value is -1.22. The summed E-state index contributed by atoms with van der Waals surface area (Å²) >= 11 is 0. The minimum Gasteiger partial charge on any atom is -0.458 e. The van der Waals surface area contributed by atoms with E-state index in [0.29, 0.717) is 0 Å². The van der Waals surface area contributed by atoms with E-state index in [4.69, 9.17) is 4.55 Å². The molecule has 0 bridgehead atoms. The van der Waals surface area contributed by atoms with Gasteiger partial charge in [0.1, 0.15) is 6.10 Å². The molecule has 0 spiro atoms. The zero-order valence-corrected chi connectivity index (χ0v) is 13.3. The summed E-state index contributed by atoms with van der Waals surface area (Å²) < 4.78 is 132. The SMILES string of the molecule is O=C(OC1CCCCC1O)C(C(F)(F)F)(C(F)(F)C(F)(F)F)S(=O)(=O)O. The molecule has 6 nitrogen and oxygen atoms in total. The molecular formula is C11H12F8O6S. The molecule has 1 rings (SSSR count). The Balaban J connectivity index is 3.62. The first kappa shape index (κ1) is 22.8. The third-order valence-electron chi connectivity index (χ3n) is 3.80. The molecule has 0 aromatic carbocycles. The molecule has 0 amide bonds. The average molecular weight is 424 g/mol. The molecule has 0 aliphatic heterocycles. The van der Waals surface area contributed by atoms with Gasteiger partial charge in [0.25, 0.3) is 10.1 Å². The molecule has 3 atom stereocenters. The number of hydrogen-bond acceptors (Lipinski definition) is 5. The maximum atomic E-state index is 13.6. The number of esters is 1. The van der Waals surface area contributed by atoms with Gasteiger partial charge in [-0.1, -0.05) is 6.42 Å². The molecule has 0 aromatic rings. The second-order valence-corrected chi connectivity index (χ2v) is 7.08. The second kappa shape index (κ2) is 6.74. The Kier molecular flexibility index (Phi) is 5.92. The van der Waals surface area contributed by atoms with E-state index >= 15 is 0 Å². The number of halogens is 8. The van der Waals surface area contributed by atoms with Gasteiger partial charge in [0.2, 0.25) is 0 Å². The number of aliphatic hydroxyl groups is 1. The molecule has 0 saturated heterocycles. The fourth-order valence-electron chi connectivity index (χ4n) is 2.47. The molecule has 2 N–H and O–H groups in total. The van der Waals surface area contributed by atoms with Gasteiger partial charge >= 0.3 is 29.0 Å². The number of rotatable bonds is 4. The first-order valence-electron chi connectivity index (χ1n) is 6.78. The van der Waals surface area contributed by atoms with Gasteiger partial charge in [-0.3, -0.25) is 4.55 Å². The number of carbonyl (C=O) groups is 1. The lowest BCUT2D eigenvalue weighted by Gasteiger charge is -2.38. The quantitative estimate of drug-likeness (QED) is 0.408. The summed E-state index contributed by atoms with van der Waals surface area (Å²) in [6.45, 7) is 0. The lowest BCUT2D eigenvalue weighted by atomic mass is 9.94. The average Bonchev–Trinajstić information content (AvgIpc) is 2.36. The van der Waals surface area contributed by atoms with Crippen LogP contribution in [-0.2, 0) is 19.6 Å². The van der Waals surface area contributed by atoms with Crippen LogP contribution >= 0.6 is 0 Å². The van der Waals surface area contributed by atoms with Crippen molar-refractivity contribution >= 4 is 16.1 Å². The summed E-state index contributed by atoms with van der Waals surface area (Å²) in [6, 6.07) is 0. The van der Waals surface area contributed by atoms with E-state index in [1.165, 1.54) is 0 Å². The minimum atomic E-state index is -7.44. The van der Waals surface area contributed by atoms with Crippen molar-refractivity contribution in [2.24, 2.45) is 0 Å². The van der Waals surface area contributed by atoms with Crippen molar-refractivity contribution in [2.45, 2.75) is 60.9 Å². The first-order chi connectivity index (χ1) is 11.4. The van der Waals surface area contributed by atoms with Gasteiger partial charge in [-0.25, -0.2) is 4.79 Å². The van der Waals surface area contributed by atoms with Crippen molar-refractivity contribution in [3.8, 4) is 0 Å². The van der Waals surface area contributed by atoms with Gasteiger partial charge in [-0.05, 0) is 19.3 Å². The lowest BCUT2D eigenvalue weighted by Crippen LogP contribution is -2.73. The summed E-state index contributed by atoms with van der Waals surface area (Å²) in [6.07, 6.45) is -18.2. The predicted molar refractivity (Wildman–Crippen MR) is 65.7 cm³/mol. The third-order valence-corrected chi connectivity index (χ3v) is 5.23. The van der Waals surface area contributed by atoms with Gasteiger partial charge in [-0.2, -0.15) is 43.5 Å². The number of alkyl halides is 8. The van der Waals surface area contributed by atoms with E-state index in [2.05, 4.69) is 4.74 Å². The maximum Gasteiger partial charge on any atom is 0.456 e. The van der Waals surface area contributed by atoms with Crippen LogP contribution in [0.15, 0.2) is 0 Å². The van der Waals surface area contributed by atoms with Crippen LogP contribution in [0.1, 0.15) is 25.7 Å². The van der Waals surface area contributed by atoms with E-state index in [1.807, 2.05) is 0 Å². The number of aliphatic hydroxyl groups excluding tert-OH is 1. The fourth-order valence-corrected chi connectivity index (χ4v) is 3.46. The highest BCUT2D eigenvalue weighted by atomic mass is 32.2. The number of ether oxygens (including phenoxy) is 1. The smallest absolute Gasteiger partial charge is 0.456 e. The largest absolute Gasteiger partial charge is 0.458 e. The highest BCUT2D eigenvalue weighted by Crippen LogP contribution is 2.55. The lowest BCUT2D eigenvalue weighted by molar-refractivity contribution is -0.332. The predicted octanol–water partition coefficient (Wildman–Crippen LogP) is 2.22. The van der Waals surface area contributed by atoms with Crippen LogP contribution in [0.4, 0.5) is 35.1 Å². The molecule has 1 saturated carbocycles. The zero-order chi connectivity index (χ0) is 20.8. The van der Waals surface area contributed by atoms with Gasteiger partial charge in [0.05, 0.1) is 6.10 Å². The van der Waals surface area contributed by atoms with Gasteiger partial charge < -0.3 is 9.84 Å². The molecule has 0 aromatic heterocycles. The van der Waals surface area contributed by atoms with Gasteiger partial charge in [-0.15, -0.1) is 0 Å². The van der Waals surface area contributed by atoms with Crippen LogP contribution in [0.25, 0.3) is 0 Å². The van der Waals surface area contributed by atoms with Crippen LogP contribution < -0.4 is 0 Å². The van der Waals surface area contributed by atoms with E-state index < -0.39 is 57.7 Å². The minimum absolute atomic E-state index is 0.107. The normalized spacial score (nSPS) is 25.5. The topological polar surface area (TPSA) is 101 Å². The van der Waals surface area contributed by atoms with E-state index in [0.717, 1.165) is 0 Å². The van der Waals surface area contributed by atoms with Crippen molar-refractivity contribution in [1.82, 2.24) is 0 Å². The van der Waals surface area contributed by atoms with Crippen LogP contribution in [0.3, 0.4) is 0 Å². The van der Waals surface area contributed by atoms with Crippen LogP contribution in [0.5, 0.6) is 0 Å². The van der Waals surface area contributed by atoms with Crippen molar-refractivity contribution in [1.29, 1.82) is 0 Å². The van der Waals surface area contributed by atoms with Crippen molar-refractivity contribution in [2.75, 3.05) is 0 Å². The summed E-state index contributed by atoms with van der Waals surface area (Å²) in [4.78, 5) is 11.7. The number of carbonyl (C=O) groups excluding carboxylic acids is 1. The second-order valence-electron chi connectivity index (χ2n) is 5.52. The Morgan fingerprint density at radius 1 is 0.923 bits per heavy atom. The molecular weight excluding hydrogens is 412 g/mol. The monoisotopic (exact) mass is 424 g/mol. The molecule has 1 fully saturated rings. The Bertz CT molecular complexity index is 642. The van der Waals surface area contributed by atoms with E-state index in [1.54, 1.807) is 0 Å². The summed E-state index contributed by atoms with van der Waals surface area (Å²) in [7, 11) is -7.44. The van der Waals surface area contributed by atoms with Crippen molar-refractivity contribution < 1.29 is 62.7 Å². The molecule has 3 unspecified atom stereocenters. The molecule has 154 valence electrons. The maximum absolute atomic E-state index is 13.6. The Morgan fingerprint density at radius 3 is 1.73 bits per heavy atom. The number of hydrogen-bond donors (Lipinski definition) is 2. The van der Waals surface area contributed by atoms with E-state index in [9.17, 15) is 53.4 Å². The molecule has 1 aliphatic carbocycles. The highest BCUT2D eigenvalue weighted by molar-refractivity contribution is 7.88. The summed E-state index contributed by atoms with van der Waals surface area (Å²) in [5.41, 5.74) is 0. The summed E-state index contributed by atoms with van der Waals surface area (Å²) in [5.74, 6) is -10.9. The fraction of sp³-hybridized carbons (Fsp3) is 0.909. The Morgan fingerprint density at radius 2 is 1.38 bits per heavy atom. The molecule has 1 aliphatic rings.